The zero-order valence-corrected chi connectivity index (χ0v) is 17.1. The first kappa shape index (κ1) is 20.1. The fourth-order valence-electron chi connectivity index (χ4n) is 4.78. The lowest BCUT2D eigenvalue weighted by atomic mass is 9.51. The van der Waals surface area contributed by atoms with Gasteiger partial charge in [0, 0.05) is 10.9 Å². The Bertz CT molecular complexity index is 933. The van der Waals surface area contributed by atoms with Crippen LogP contribution < -0.4 is 0 Å². The number of hydrogen-bond acceptors (Lipinski definition) is 4. The smallest absolute Gasteiger partial charge is 0.189 e. The van der Waals surface area contributed by atoms with Gasteiger partial charge in [-0.05, 0) is 53.4 Å². The van der Waals surface area contributed by atoms with Gasteiger partial charge in [0.15, 0.2) is 5.41 Å². The number of hydrogen-bond donors (Lipinski definition) is 1. The minimum atomic E-state index is -1.66. The average molecular weight is 391 g/mol. The summed E-state index contributed by atoms with van der Waals surface area (Å²) in [4.78, 5) is 0. The predicted molar refractivity (Wildman–Crippen MR) is 108 cm³/mol. The number of halogens is 1. The zero-order chi connectivity index (χ0) is 20.7. The first-order valence-electron chi connectivity index (χ1n) is 9.46. The van der Waals surface area contributed by atoms with Gasteiger partial charge in [0.1, 0.15) is 5.92 Å². The number of allylic oxidation sites excluding steroid dienone is 2. The molecule has 5 heteroatoms. The van der Waals surface area contributed by atoms with Crippen molar-refractivity contribution in [1.29, 1.82) is 21.2 Å². The van der Waals surface area contributed by atoms with Gasteiger partial charge in [-0.1, -0.05) is 50.6 Å². The van der Waals surface area contributed by atoms with Crippen molar-refractivity contribution in [3.63, 3.8) is 0 Å². The van der Waals surface area contributed by atoms with Crippen molar-refractivity contribution in [3.05, 3.63) is 46.5 Å². The van der Waals surface area contributed by atoms with Crippen LogP contribution in [0.25, 0.3) is 0 Å². The van der Waals surface area contributed by atoms with Gasteiger partial charge in [-0.15, -0.1) is 0 Å². The predicted octanol–water partition coefficient (Wildman–Crippen LogP) is 5.63. The topological polar surface area (TPSA) is 95.2 Å². The summed E-state index contributed by atoms with van der Waals surface area (Å²) in [5, 5.41) is 39.1. The van der Waals surface area contributed by atoms with Crippen LogP contribution in [0.5, 0.6) is 0 Å². The molecule has 0 spiro atoms. The third kappa shape index (κ3) is 3.01. The maximum atomic E-state index is 10.1. The first-order valence-corrected chi connectivity index (χ1v) is 9.83. The van der Waals surface area contributed by atoms with E-state index in [1.165, 1.54) is 0 Å². The van der Waals surface area contributed by atoms with E-state index in [0.717, 1.165) is 24.0 Å². The molecule has 1 aromatic rings. The second-order valence-corrected chi connectivity index (χ2v) is 9.32. The van der Waals surface area contributed by atoms with Crippen LogP contribution in [-0.2, 0) is 0 Å². The maximum absolute atomic E-state index is 10.1. The molecule has 1 fully saturated rings. The molecule has 1 saturated carbocycles. The lowest BCUT2D eigenvalue weighted by Crippen LogP contribution is -2.50. The van der Waals surface area contributed by atoms with Crippen LogP contribution in [0, 0.1) is 68.0 Å². The molecule has 3 rings (SSSR count). The van der Waals surface area contributed by atoms with Gasteiger partial charge in [0.25, 0.3) is 0 Å². The van der Waals surface area contributed by atoms with Crippen molar-refractivity contribution in [3.8, 4) is 18.2 Å². The Balaban J connectivity index is 2.24. The van der Waals surface area contributed by atoms with E-state index in [4.69, 9.17) is 17.0 Å². The van der Waals surface area contributed by atoms with Crippen LogP contribution >= 0.6 is 11.6 Å². The van der Waals surface area contributed by atoms with Gasteiger partial charge in [0.2, 0.25) is 0 Å². The summed E-state index contributed by atoms with van der Waals surface area (Å²) in [5.74, 6) is -1.06. The van der Waals surface area contributed by atoms with Crippen molar-refractivity contribution in [2.75, 3.05) is 0 Å². The number of fused-ring (bicyclic) bond motifs is 1. The highest BCUT2D eigenvalue weighted by atomic mass is 35.5. The summed E-state index contributed by atoms with van der Waals surface area (Å²) in [6.45, 7) is 6.59. The van der Waals surface area contributed by atoms with Crippen molar-refractivity contribution in [2.45, 2.75) is 39.5 Å². The number of rotatable bonds is 1. The Kier molecular flexibility index (Phi) is 5.10. The van der Waals surface area contributed by atoms with Crippen LogP contribution in [0.15, 0.2) is 35.9 Å². The second-order valence-electron chi connectivity index (χ2n) is 8.88. The van der Waals surface area contributed by atoms with Gasteiger partial charge in [-0.25, -0.2) is 0 Å². The molecule has 0 aromatic heterocycles. The molecule has 2 aliphatic carbocycles. The largest absolute Gasteiger partial charge is 0.305 e. The highest BCUT2D eigenvalue weighted by Crippen LogP contribution is 2.57. The molecule has 4 atom stereocenters. The standard InChI is InChI=1S/C23H23ClN4/c1-22(2,3)15-6-9-17-18(10-15)20(14-4-7-16(24)8-5-14)23(12-26,13-27)21(28)19(17)11-25/h4-5,7-9,15,18-20,28H,6,10H2,1-3H3/t15-,18-,19?,20+/m1/s1. The molecular weight excluding hydrogens is 368 g/mol. The molecule has 142 valence electrons. The lowest BCUT2D eigenvalue weighted by Gasteiger charge is -2.49. The summed E-state index contributed by atoms with van der Waals surface area (Å²) < 4.78 is 0. The molecule has 0 saturated heterocycles. The number of nitrogens with zero attached hydrogens (tertiary/aromatic N) is 3. The van der Waals surface area contributed by atoms with E-state index in [2.05, 4.69) is 45.1 Å². The van der Waals surface area contributed by atoms with Crippen LogP contribution in [0.2, 0.25) is 5.02 Å². The normalized spacial score (nSPS) is 28.9. The Morgan fingerprint density at radius 2 is 1.71 bits per heavy atom. The summed E-state index contributed by atoms with van der Waals surface area (Å²) in [7, 11) is 0. The van der Waals surface area contributed by atoms with E-state index in [1.54, 1.807) is 12.1 Å². The zero-order valence-electron chi connectivity index (χ0n) is 16.3. The second kappa shape index (κ2) is 7.09. The maximum Gasteiger partial charge on any atom is 0.189 e. The molecule has 1 aromatic carbocycles. The molecule has 1 N–H and O–H groups in total. The van der Waals surface area contributed by atoms with Gasteiger partial charge >= 0.3 is 0 Å². The number of benzene rings is 1. The van der Waals surface area contributed by atoms with Crippen molar-refractivity contribution >= 4 is 17.3 Å². The molecule has 28 heavy (non-hydrogen) atoms. The monoisotopic (exact) mass is 390 g/mol. The molecule has 0 amide bonds. The highest BCUT2D eigenvalue weighted by Gasteiger charge is 2.58. The molecule has 0 aliphatic heterocycles. The van der Waals surface area contributed by atoms with E-state index in [9.17, 15) is 15.8 Å². The van der Waals surface area contributed by atoms with Crippen LogP contribution in [0.4, 0.5) is 0 Å². The van der Waals surface area contributed by atoms with Gasteiger partial charge in [-0.3, -0.25) is 0 Å². The SMILES string of the molecule is CC(C)(C)[C@@H]1CC=C2C(C#N)C(=N)C(C#N)(C#N)[C@@H](c3ccc(Cl)cc3)[C@@H]2C1. The lowest BCUT2D eigenvalue weighted by molar-refractivity contribution is 0.168. The number of nitrogens with one attached hydrogen (secondary N) is 1. The summed E-state index contributed by atoms with van der Waals surface area (Å²) in [6, 6.07) is 13.7. The molecule has 0 radical (unpaired) electrons. The van der Waals surface area contributed by atoms with E-state index in [1.807, 2.05) is 12.1 Å². The third-order valence-corrected chi connectivity index (χ3v) is 6.71. The molecule has 2 aliphatic rings. The van der Waals surface area contributed by atoms with E-state index in [0.29, 0.717) is 10.9 Å². The highest BCUT2D eigenvalue weighted by molar-refractivity contribution is 6.30. The minimum absolute atomic E-state index is 0.0710. The molecule has 4 nitrogen and oxygen atoms in total. The Hall–Kier alpha value is -2.61. The van der Waals surface area contributed by atoms with Crippen LogP contribution in [0.1, 0.15) is 45.1 Å². The van der Waals surface area contributed by atoms with E-state index in [-0.39, 0.29) is 17.0 Å². The van der Waals surface area contributed by atoms with Crippen LogP contribution in [-0.4, -0.2) is 5.71 Å². The minimum Gasteiger partial charge on any atom is -0.305 e. The number of nitriles is 3. The van der Waals surface area contributed by atoms with Crippen LogP contribution in [0.3, 0.4) is 0 Å². The average Bonchev–Trinajstić information content (AvgIpc) is 2.67. The van der Waals surface area contributed by atoms with Gasteiger partial charge in [0.05, 0.1) is 23.9 Å². The van der Waals surface area contributed by atoms with E-state index >= 15 is 0 Å². The van der Waals surface area contributed by atoms with E-state index < -0.39 is 17.3 Å². The molecular formula is C23H23ClN4. The molecule has 1 unspecified atom stereocenters. The quantitative estimate of drug-likeness (QED) is 0.629. The summed E-state index contributed by atoms with van der Waals surface area (Å²) in [6.07, 6.45) is 3.73. The van der Waals surface area contributed by atoms with Gasteiger partial charge in [-0.2, -0.15) is 15.8 Å². The summed E-state index contributed by atoms with van der Waals surface area (Å²) >= 11 is 6.06. The Morgan fingerprint density at radius 1 is 1.11 bits per heavy atom. The summed E-state index contributed by atoms with van der Waals surface area (Å²) in [5.41, 5.74) is 0.0299. The van der Waals surface area contributed by atoms with Crippen molar-refractivity contribution < 1.29 is 0 Å². The van der Waals surface area contributed by atoms with Crippen molar-refractivity contribution in [1.82, 2.24) is 0 Å². The molecule has 0 heterocycles. The first-order chi connectivity index (χ1) is 13.2. The molecule has 0 bridgehead atoms. The third-order valence-electron chi connectivity index (χ3n) is 6.46. The Morgan fingerprint density at radius 3 is 2.21 bits per heavy atom. The van der Waals surface area contributed by atoms with Gasteiger partial charge < -0.3 is 5.41 Å². The Labute approximate surface area is 171 Å². The fourth-order valence-corrected chi connectivity index (χ4v) is 4.90. The fraction of sp³-hybridized carbons (Fsp3) is 0.478. The van der Waals surface area contributed by atoms with Crippen molar-refractivity contribution in [2.24, 2.45) is 28.6 Å².